The minimum Gasteiger partial charge on any atom is -0.368 e. The summed E-state index contributed by atoms with van der Waals surface area (Å²) in [5.74, 6) is -0.601. The maximum Gasteiger partial charge on any atom is 0.239 e. The van der Waals surface area contributed by atoms with Crippen LogP contribution in [0.4, 0.5) is 9.52 Å². The normalized spacial score (nSPS) is 16.0. The largest absolute Gasteiger partial charge is 0.368 e. The predicted octanol–water partition coefficient (Wildman–Crippen LogP) is 2.95. The number of nitrogens with two attached hydrogens (primary N) is 1. The number of aromatic nitrogens is 3. The molecule has 1 amide bonds. The molecular formula is C22H21FN6OS. The van der Waals surface area contributed by atoms with Crippen molar-refractivity contribution >= 4 is 27.3 Å². The molecule has 1 saturated heterocycles. The van der Waals surface area contributed by atoms with Crippen molar-refractivity contribution in [3.05, 3.63) is 72.2 Å². The van der Waals surface area contributed by atoms with Crippen LogP contribution in [-0.2, 0) is 4.79 Å². The van der Waals surface area contributed by atoms with Crippen molar-refractivity contribution in [2.24, 2.45) is 5.73 Å². The molecule has 1 aliphatic heterocycles. The lowest BCUT2D eigenvalue weighted by Gasteiger charge is -2.38. The van der Waals surface area contributed by atoms with Gasteiger partial charge in [-0.3, -0.25) is 9.69 Å². The van der Waals surface area contributed by atoms with E-state index in [9.17, 15) is 9.18 Å². The SMILES string of the molecule is NC(=O)C(c1ccccc1)N1CCN(c2nn3cc(-c4ccc(F)cc4)nc3s2)CC1. The zero-order valence-electron chi connectivity index (χ0n) is 16.7. The Hall–Kier alpha value is -3.30. The highest BCUT2D eigenvalue weighted by Crippen LogP contribution is 2.29. The lowest BCUT2D eigenvalue weighted by Crippen LogP contribution is -2.50. The van der Waals surface area contributed by atoms with E-state index in [0.29, 0.717) is 13.1 Å². The van der Waals surface area contributed by atoms with Gasteiger partial charge in [-0.1, -0.05) is 41.7 Å². The van der Waals surface area contributed by atoms with Crippen molar-refractivity contribution in [3.63, 3.8) is 0 Å². The van der Waals surface area contributed by atoms with Crippen molar-refractivity contribution < 1.29 is 9.18 Å². The van der Waals surface area contributed by atoms with Gasteiger partial charge in [0.1, 0.15) is 11.9 Å². The van der Waals surface area contributed by atoms with Crippen LogP contribution in [0, 0.1) is 5.82 Å². The van der Waals surface area contributed by atoms with Crippen LogP contribution >= 0.6 is 11.3 Å². The van der Waals surface area contributed by atoms with E-state index in [1.807, 2.05) is 36.5 Å². The van der Waals surface area contributed by atoms with Crippen LogP contribution in [0.3, 0.4) is 0 Å². The first-order valence-electron chi connectivity index (χ1n) is 10.0. The van der Waals surface area contributed by atoms with E-state index in [1.54, 1.807) is 16.6 Å². The summed E-state index contributed by atoms with van der Waals surface area (Å²) >= 11 is 1.52. The number of primary amides is 1. The van der Waals surface area contributed by atoms with Gasteiger partial charge in [-0.15, -0.1) is 5.10 Å². The van der Waals surface area contributed by atoms with Crippen molar-refractivity contribution in [3.8, 4) is 11.3 Å². The maximum atomic E-state index is 13.2. The van der Waals surface area contributed by atoms with Gasteiger partial charge in [-0.2, -0.15) is 0 Å². The highest BCUT2D eigenvalue weighted by Gasteiger charge is 2.30. The van der Waals surface area contributed by atoms with Crippen LogP contribution in [-0.4, -0.2) is 51.6 Å². The lowest BCUT2D eigenvalue weighted by atomic mass is 10.0. The molecule has 2 N–H and O–H groups in total. The summed E-state index contributed by atoms with van der Waals surface area (Å²) in [5.41, 5.74) is 8.26. The second-order valence-corrected chi connectivity index (χ2v) is 8.42. The quantitative estimate of drug-likeness (QED) is 0.520. The fourth-order valence-corrected chi connectivity index (χ4v) is 4.87. The first-order valence-corrected chi connectivity index (χ1v) is 10.9. The highest BCUT2D eigenvalue weighted by atomic mass is 32.1. The molecule has 0 spiro atoms. The van der Waals surface area contributed by atoms with E-state index >= 15 is 0 Å². The first kappa shape index (κ1) is 19.7. The number of hydrogen-bond donors (Lipinski definition) is 1. The Kier molecular flexibility index (Phi) is 5.13. The van der Waals surface area contributed by atoms with Gasteiger partial charge in [0, 0.05) is 31.7 Å². The minimum atomic E-state index is -0.421. The number of nitrogens with zero attached hydrogens (tertiary/aromatic N) is 5. The van der Waals surface area contributed by atoms with Gasteiger partial charge in [-0.05, 0) is 29.8 Å². The Labute approximate surface area is 182 Å². The first-order chi connectivity index (χ1) is 15.1. The highest BCUT2D eigenvalue weighted by molar-refractivity contribution is 7.20. The summed E-state index contributed by atoms with van der Waals surface area (Å²) in [6.45, 7) is 2.92. The summed E-state index contributed by atoms with van der Waals surface area (Å²) in [4.78, 5) is 21.9. The van der Waals surface area contributed by atoms with Crippen LogP contribution in [0.1, 0.15) is 11.6 Å². The van der Waals surface area contributed by atoms with Crippen LogP contribution in [0.2, 0.25) is 0 Å². The predicted molar refractivity (Wildman–Crippen MR) is 118 cm³/mol. The molecule has 2 aromatic carbocycles. The molecule has 1 fully saturated rings. The van der Waals surface area contributed by atoms with E-state index < -0.39 is 6.04 Å². The zero-order chi connectivity index (χ0) is 21.4. The van der Waals surface area contributed by atoms with E-state index in [2.05, 4.69) is 19.9 Å². The number of fused-ring (bicyclic) bond motifs is 1. The molecule has 1 atom stereocenters. The van der Waals surface area contributed by atoms with Crippen molar-refractivity contribution in [2.75, 3.05) is 31.1 Å². The van der Waals surface area contributed by atoms with Crippen LogP contribution in [0.15, 0.2) is 60.8 Å². The van der Waals surface area contributed by atoms with Crippen molar-refractivity contribution in [1.82, 2.24) is 19.5 Å². The molecule has 0 aliphatic carbocycles. The monoisotopic (exact) mass is 436 g/mol. The lowest BCUT2D eigenvalue weighted by molar-refractivity contribution is -0.123. The molecule has 9 heteroatoms. The molecule has 7 nitrogen and oxygen atoms in total. The van der Waals surface area contributed by atoms with Crippen molar-refractivity contribution in [2.45, 2.75) is 6.04 Å². The van der Waals surface area contributed by atoms with E-state index in [-0.39, 0.29) is 11.7 Å². The number of carbonyl (C=O) groups excluding carboxylic acids is 1. The number of amides is 1. The van der Waals surface area contributed by atoms with Gasteiger partial charge in [0.2, 0.25) is 16.0 Å². The van der Waals surface area contributed by atoms with Gasteiger partial charge < -0.3 is 10.6 Å². The Morgan fingerprint density at radius 2 is 1.74 bits per heavy atom. The molecule has 31 heavy (non-hydrogen) atoms. The fourth-order valence-electron chi connectivity index (χ4n) is 3.94. The Morgan fingerprint density at radius 3 is 2.39 bits per heavy atom. The fraction of sp³-hybridized carbons (Fsp3) is 0.227. The molecule has 4 aromatic rings. The van der Waals surface area contributed by atoms with Gasteiger partial charge >= 0.3 is 0 Å². The molecule has 0 radical (unpaired) electrons. The molecular weight excluding hydrogens is 415 g/mol. The number of piperazine rings is 1. The summed E-state index contributed by atoms with van der Waals surface area (Å²) in [5, 5.41) is 5.57. The molecule has 158 valence electrons. The number of imidazole rings is 1. The average Bonchev–Trinajstić information content (AvgIpc) is 3.35. The Morgan fingerprint density at radius 1 is 1.03 bits per heavy atom. The number of rotatable bonds is 5. The number of carbonyl (C=O) groups is 1. The molecule has 5 rings (SSSR count). The molecule has 1 unspecified atom stereocenters. The van der Waals surface area contributed by atoms with E-state index in [4.69, 9.17) is 5.73 Å². The number of halogens is 1. The third kappa shape index (κ3) is 3.89. The molecule has 3 heterocycles. The molecule has 0 bridgehead atoms. The van der Waals surface area contributed by atoms with Crippen molar-refractivity contribution in [1.29, 1.82) is 0 Å². The summed E-state index contributed by atoms with van der Waals surface area (Å²) < 4.78 is 14.9. The van der Waals surface area contributed by atoms with E-state index in [1.165, 1.54) is 23.5 Å². The smallest absolute Gasteiger partial charge is 0.239 e. The Bertz CT molecular complexity index is 1170. The minimum absolute atomic E-state index is 0.268. The van der Waals surface area contributed by atoms with E-state index in [0.717, 1.165) is 40.0 Å². The third-order valence-corrected chi connectivity index (χ3v) is 6.49. The van der Waals surface area contributed by atoms with Crippen LogP contribution < -0.4 is 10.6 Å². The van der Waals surface area contributed by atoms with Crippen LogP contribution in [0.5, 0.6) is 0 Å². The van der Waals surface area contributed by atoms with Gasteiger partial charge in [0.25, 0.3) is 0 Å². The molecule has 0 saturated carbocycles. The topological polar surface area (TPSA) is 79.8 Å². The maximum absolute atomic E-state index is 13.2. The van der Waals surface area contributed by atoms with Crippen LogP contribution in [0.25, 0.3) is 16.2 Å². The second kappa shape index (κ2) is 8.09. The zero-order valence-corrected chi connectivity index (χ0v) is 17.5. The second-order valence-electron chi connectivity index (χ2n) is 7.48. The number of anilines is 1. The average molecular weight is 437 g/mol. The van der Waals surface area contributed by atoms with Gasteiger partial charge in [0.05, 0.1) is 11.9 Å². The summed E-state index contributed by atoms with van der Waals surface area (Å²) in [6, 6.07) is 15.5. The number of benzene rings is 2. The summed E-state index contributed by atoms with van der Waals surface area (Å²) in [7, 11) is 0. The molecule has 2 aromatic heterocycles. The summed E-state index contributed by atoms with van der Waals surface area (Å²) in [6.07, 6.45) is 1.86. The molecule has 1 aliphatic rings. The Balaban J connectivity index is 1.29. The third-order valence-electron chi connectivity index (χ3n) is 5.51. The van der Waals surface area contributed by atoms with Gasteiger partial charge in [-0.25, -0.2) is 13.9 Å². The standard InChI is InChI=1S/C22H21FN6OS/c23-17-8-6-15(7-9-17)18-14-29-21(25-18)31-22(26-29)28-12-10-27(11-13-28)19(20(24)30)16-4-2-1-3-5-16/h1-9,14,19H,10-13H2,(H2,24,30). The van der Waals surface area contributed by atoms with Gasteiger partial charge in [0.15, 0.2) is 0 Å². The number of hydrogen-bond acceptors (Lipinski definition) is 6.